The van der Waals surface area contributed by atoms with Crippen molar-refractivity contribution >= 4 is 5.69 Å². The van der Waals surface area contributed by atoms with Crippen LogP contribution in [0.1, 0.15) is 5.69 Å². The molecule has 0 saturated heterocycles. The highest BCUT2D eigenvalue weighted by Crippen LogP contribution is 2.34. The fraction of sp³-hybridized carbons (Fsp3) is 0.273. The van der Waals surface area contributed by atoms with Crippen LogP contribution in [0.4, 0.5) is 5.69 Å². The van der Waals surface area contributed by atoms with E-state index in [1.165, 1.54) is 0 Å². The molecular formula is C11H12N4O2. The molecular weight excluding hydrogens is 220 g/mol. The summed E-state index contributed by atoms with van der Waals surface area (Å²) < 4.78 is 12.2. The molecule has 1 aromatic carbocycles. The molecule has 0 aliphatic carbocycles. The van der Waals surface area contributed by atoms with Crippen molar-refractivity contribution < 1.29 is 9.47 Å². The first kappa shape index (κ1) is 9.95. The Bertz CT molecular complexity index is 538. The molecule has 2 aromatic rings. The van der Waals surface area contributed by atoms with E-state index >= 15 is 0 Å². The molecule has 0 fully saturated rings. The fourth-order valence-corrected chi connectivity index (χ4v) is 1.68. The molecule has 6 nitrogen and oxygen atoms in total. The average molecular weight is 232 g/mol. The maximum Gasteiger partial charge on any atom is 0.231 e. The summed E-state index contributed by atoms with van der Waals surface area (Å²) >= 11 is 0. The van der Waals surface area contributed by atoms with Gasteiger partial charge in [-0.2, -0.15) is 0 Å². The van der Waals surface area contributed by atoms with Gasteiger partial charge in [0.25, 0.3) is 0 Å². The van der Waals surface area contributed by atoms with Crippen molar-refractivity contribution in [3.05, 3.63) is 30.1 Å². The highest BCUT2D eigenvalue weighted by molar-refractivity contribution is 5.55. The summed E-state index contributed by atoms with van der Waals surface area (Å²) in [5.74, 6) is 1.56. The minimum absolute atomic E-state index is 0.295. The monoisotopic (exact) mass is 232 g/mol. The number of aryl methyl sites for hydroxylation is 1. The molecule has 1 aliphatic heterocycles. The highest BCUT2D eigenvalue weighted by Gasteiger charge is 2.12. The third kappa shape index (κ3) is 2.01. The van der Waals surface area contributed by atoms with Crippen molar-refractivity contribution in [2.24, 2.45) is 7.05 Å². The van der Waals surface area contributed by atoms with Crippen molar-refractivity contribution in [1.82, 2.24) is 15.0 Å². The first-order valence-corrected chi connectivity index (χ1v) is 5.30. The SMILES string of the molecule is Cn1cc(CNc2ccc3c(c2)OCO3)nn1. The zero-order valence-electron chi connectivity index (χ0n) is 9.38. The van der Waals surface area contributed by atoms with Gasteiger partial charge in [-0.25, -0.2) is 0 Å². The summed E-state index contributed by atoms with van der Waals surface area (Å²) in [6.45, 7) is 0.927. The lowest BCUT2D eigenvalue weighted by molar-refractivity contribution is 0.174. The standard InChI is InChI=1S/C11H12N4O2/c1-15-6-9(13-14-15)5-12-8-2-3-10-11(4-8)17-7-16-10/h2-4,6,12H,5,7H2,1H3. The minimum atomic E-state index is 0.295. The topological polar surface area (TPSA) is 61.2 Å². The predicted octanol–water partition coefficient (Wildman–Crippen LogP) is 1.16. The van der Waals surface area contributed by atoms with Crippen LogP contribution in [0.5, 0.6) is 11.5 Å². The van der Waals surface area contributed by atoms with Gasteiger partial charge in [0.1, 0.15) is 5.69 Å². The first-order valence-electron chi connectivity index (χ1n) is 5.30. The summed E-state index contributed by atoms with van der Waals surface area (Å²) in [6, 6.07) is 5.75. The van der Waals surface area contributed by atoms with Crippen molar-refractivity contribution in [3.8, 4) is 11.5 Å². The third-order valence-corrected chi connectivity index (χ3v) is 2.50. The number of hydrogen-bond donors (Lipinski definition) is 1. The van der Waals surface area contributed by atoms with Gasteiger partial charge in [0.15, 0.2) is 11.5 Å². The van der Waals surface area contributed by atoms with E-state index in [9.17, 15) is 0 Å². The quantitative estimate of drug-likeness (QED) is 0.860. The molecule has 17 heavy (non-hydrogen) atoms. The number of benzene rings is 1. The fourth-order valence-electron chi connectivity index (χ4n) is 1.68. The van der Waals surface area contributed by atoms with E-state index in [0.717, 1.165) is 22.9 Å². The van der Waals surface area contributed by atoms with E-state index in [4.69, 9.17) is 9.47 Å². The number of ether oxygens (including phenoxy) is 2. The van der Waals surface area contributed by atoms with Gasteiger partial charge >= 0.3 is 0 Å². The smallest absolute Gasteiger partial charge is 0.231 e. The largest absolute Gasteiger partial charge is 0.454 e. The normalized spacial score (nSPS) is 12.8. The summed E-state index contributed by atoms with van der Waals surface area (Å²) in [4.78, 5) is 0. The molecule has 0 saturated carbocycles. The molecule has 3 rings (SSSR count). The van der Waals surface area contributed by atoms with Gasteiger partial charge in [0, 0.05) is 25.0 Å². The Labute approximate surface area is 98.1 Å². The number of nitrogens with one attached hydrogen (secondary N) is 1. The molecule has 0 bridgehead atoms. The van der Waals surface area contributed by atoms with Gasteiger partial charge < -0.3 is 14.8 Å². The number of rotatable bonds is 3. The van der Waals surface area contributed by atoms with Gasteiger partial charge in [0.05, 0.1) is 6.54 Å². The second-order valence-electron chi connectivity index (χ2n) is 3.81. The molecule has 0 radical (unpaired) electrons. The molecule has 88 valence electrons. The Kier molecular flexibility index (Phi) is 2.32. The summed E-state index contributed by atoms with van der Waals surface area (Å²) in [5.41, 5.74) is 1.87. The Morgan fingerprint density at radius 3 is 3.06 bits per heavy atom. The van der Waals surface area contributed by atoms with Crippen LogP contribution in [-0.4, -0.2) is 21.8 Å². The maximum absolute atomic E-state index is 5.30. The lowest BCUT2D eigenvalue weighted by Gasteiger charge is -2.04. The summed E-state index contributed by atoms with van der Waals surface area (Å²) in [6.07, 6.45) is 1.87. The number of fused-ring (bicyclic) bond motifs is 1. The van der Waals surface area contributed by atoms with Crippen LogP contribution < -0.4 is 14.8 Å². The Morgan fingerprint density at radius 1 is 1.35 bits per heavy atom. The van der Waals surface area contributed by atoms with Crippen LogP contribution in [0.15, 0.2) is 24.4 Å². The van der Waals surface area contributed by atoms with Gasteiger partial charge in [-0.05, 0) is 12.1 Å². The molecule has 0 atom stereocenters. The van der Waals surface area contributed by atoms with E-state index in [2.05, 4.69) is 15.6 Å². The average Bonchev–Trinajstić information content (AvgIpc) is 2.94. The molecule has 0 spiro atoms. The number of aromatic nitrogens is 3. The molecule has 1 aromatic heterocycles. The van der Waals surface area contributed by atoms with Crippen LogP contribution in [0.25, 0.3) is 0 Å². The first-order chi connectivity index (χ1) is 8.31. The number of anilines is 1. The Balaban J connectivity index is 1.69. The van der Waals surface area contributed by atoms with Gasteiger partial charge in [-0.15, -0.1) is 5.10 Å². The summed E-state index contributed by atoms with van der Waals surface area (Å²) in [5, 5.41) is 11.1. The van der Waals surface area contributed by atoms with Crippen molar-refractivity contribution in [2.75, 3.05) is 12.1 Å². The number of hydrogen-bond acceptors (Lipinski definition) is 5. The Hall–Kier alpha value is -2.24. The van der Waals surface area contributed by atoms with Gasteiger partial charge in [-0.1, -0.05) is 5.21 Å². The lowest BCUT2D eigenvalue weighted by Crippen LogP contribution is -1.99. The molecule has 0 amide bonds. The van der Waals surface area contributed by atoms with Gasteiger partial charge in [0.2, 0.25) is 6.79 Å². The molecule has 1 N–H and O–H groups in total. The minimum Gasteiger partial charge on any atom is -0.454 e. The Morgan fingerprint density at radius 2 is 2.24 bits per heavy atom. The van der Waals surface area contributed by atoms with E-state index < -0.39 is 0 Å². The van der Waals surface area contributed by atoms with E-state index in [0.29, 0.717) is 13.3 Å². The van der Waals surface area contributed by atoms with Crippen molar-refractivity contribution in [1.29, 1.82) is 0 Å². The van der Waals surface area contributed by atoms with E-state index in [1.807, 2.05) is 31.4 Å². The molecule has 2 heterocycles. The van der Waals surface area contributed by atoms with Gasteiger partial charge in [-0.3, -0.25) is 4.68 Å². The van der Waals surface area contributed by atoms with Crippen LogP contribution in [0.2, 0.25) is 0 Å². The maximum atomic E-state index is 5.30. The van der Waals surface area contributed by atoms with E-state index in [1.54, 1.807) is 4.68 Å². The third-order valence-electron chi connectivity index (χ3n) is 2.50. The van der Waals surface area contributed by atoms with Crippen molar-refractivity contribution in [2.45, 2.75) is 6.54 Å². The van der Waals surface area contributed by atoms with Crippen LogP contribution in [0.3, 0.4) is 0 Å². The predicted molar refractivity (Wildman–Crippen MR) is 60.9 cm³/mol. The molecule has 6 heteroatoms. The van der Waals surface area contributed by atoms with Crippen LogP contribution in [-0.2, 0) is 13.6 Å². The zero-order chi connectivity index (χ0) is 11.7. The highest BCUT2D eigenvalue weighted by atomic mass is 16.7. The second kappa shape index (κ2) is 3.97. The molecule has 1 aliphatic rings. The zero-order valence-corrected chi connectivity index (χ0v) is 9.38. The summed E-state index contributed by atoms with van der Waals surface area (Å²) in [7, 11) is 1.84. The van der Waals surface area contributed by atoms with E-state index in [-0.39, 0.29) is 0 Å². The van der Waals surface area contributed by atoms with Crippen molar-refractivity contribution in [3.63, 3.8) is 0 Å². The lowest BCUT2D eigenvalue weighted by atomic mass is 10.2. The second-order valence-corrected chi connectivity index (χ2v) is 3.81. The van der Waals surface area contributed by atoms with Crippen LogP contribution >= 0.6 is 0 Å². The van der Waals surface area contributed by atoms with Crippen LogP contribution in [0, 0.1) is 0 Å². The number of nitrogens with zero attached hydrogens (tertiary/aromatic N) is 3. The molecule has 0 unspecified atom stereocenters.